The zero-order valence-electron chi connectivity index (χ0n) is 15.9. The van der Waals surface area contributed by atoms with E-state index in [0.29, 0.717) is 30.4 Å². The van der Waals surface area contributed by atoms with Crippen LogP contribution in [0.2, 0.25) is 0 Å². The fourth-order valence-corrected chi connectivity index (χ4v) is 2.84. The molecule has 0 fully saturated rings. The van der Waals surface area contributed by atoms with Crippen molar-refractivity contribution in [3.63, 3.8) is 0 Å². The molecule has 0 saturated carbocycles. The van der Waals surface area contributed by atoms with E-state index in [2.05, 4.69) is 15.0 Å². The van der Waals surface area contributed by atoms with E-state index in [1.165, 1.54) is 6.33 Å². The van der Waals surface area contributed by atoms with Crippen molar-refractivity contribution in [1.29, 1.82) is 0 Å². The number of anilines is 1. The molecule has 1 aromatic heterocycles. The molecule has 0 N–H and O–H groups in total. The maximum absolute atomic E-state index is 12.8. The van der Waals surface area contributed by atoms with E-state index in [-0.39, 0.29) is 5.91 Å². The van der Waals surface area contributed by atoms with Gasteiger partial charge in [-0.05, 0) is 42.3 Å². The number of nitrogens with zero attached hydrogens (tertiary/aromatic N) is 5. The van der Waals surface area contributed by atoms with Gasteiger partial charge in [-0.25, -0.2) is 15.0 Å². The number of amidine groups is 1. The summed E-state index contributed by atoms with van der Waals surface area (Å²) in [5.41, 5.74) is 3.28. The Morgan fingerprint density at radius 2 is 1.79 bits per heavy atom. The third-order valence-corrected chi connectivity index (χ3v) is 4.48. The van der Waals surface area contributed by atoms with Gasteiger partial charge in [0.05, 0.1) is 0 Å². The second-order valence-electron chi connectivity index (χ2n) is 6.49. The van der Waals surface area contributed by atoms with Crippen LogP contribution in [-0.4, -0.2) is 53.1 Å². The lowest BCUT2D eigenvalue weighted by Gasteiger charge is -2.15. The number of rotatable bonds is 7. The minimum Gasteiger partial charge on any atom is -0.378 e. The SMILES string of the molecule is CN(C)c1ccc(/C=C2N=C(/C=C/c3cncnc3)N(CCCCl)C\2=O)cc1. The first kappa shape index (κ1) is 19.8. The van der Waals surface area contributed by atoms with E-state index in [1.54, 1.807) is 23.4 Å². The number of carbonyl (C=O) groups is 1. The van der Waals surface area contributed by atoms with E-state index in [0.717, 1.165) is 16.8 Å². The molecular formula is C21H22ClN5O. The average Bonchev–Trinajstić information content (AvgIpc) is 3.00. The Balaban J connectivity index is 1.87. The van der Waals surface area contributed by atoms with Gasteiger partial charge in [0.2, 0.25) is 0 Å². The zero-order valence-corrected chi connectivity index (χ0v) is 16.7. The predicted octanol–water partition coefficient (Wildman–Crippen LogP) is 3.47. The highest BCUT2D eigenvalue weighted by Gasteiger charge is 2.28. The molecule has 1 amide bonds. The van der Waals surface area contributed by atoms with Crippen LogP contribution < -0.4 is 4.90 Å². The van der Waals surface area contributed by atoms with E-state index >= 15 is 0 Å². The van der Waals surface area contributed by atoms with Crippen LogP contribution in [0.4, 0.5) is 5.69 Å². The van der Waals surface area contributed by atoms with Crippen molar-refractivity contribution < 1.29 is 4.79 Å². The standard InChI is InChI=1S/C21H22ClN5O/c1-26(2)18-7-4-16(5-8-18)12-19-21(28)27(11-3-10-22)20(25-19)9-6-17-13-23-15-24-14-17/h4-9,12-15H,3,10-11H2,1-2H3/b9-6+,19-12-. The molecule has 0 bridgehead atoms. The summed E-state index contributed by atoms with van der Waals surface area (Å²) in [4.78, 5) is 29.1. The largest absolute Gasteiger partial charge is 0.378 e. The second-order valence-corrected chi connectivity index (χ2v) is 6.87. The van der Waals surface area contributed by atoms with Crippen LogP contribution in [0.5, 0.6) is 0 Å². The van der Waals surface area contributed by atoms with Crippen LogP contribution in [0.3, 0.4) is 0 Å². The number of benzene rings is 1. The maximum atomic E-state index is 12.8. The van der Waals surface area contributed by atoms with E-state index in [4.69, 9.17) is 11.6 Å². The molecule has 0 aliphatic carbocycles. The molecule has 6 nitrogen and oxygen atoms in total. The van der Waals surface area contributed by atoms with Gasteiger partial charge in [0, 0.05) is 50.2 Å². The summed E-state index contributed by atoms with van der Waals surface area (Å²) in [7, 11) is 3.98. The first-order valence-corrected chi connectivity index (χ1v) is 9.50. The Morgan fingerprint density at radius 3 is 2.43 bits per heavy atom. The molecule has 0 atom stereocenters. The van der Waals surface area contributed by atoms with Crippen molar-refractivity contribution in [2.75, 3.05) is 31.4 Å². The van der Waals surface area contributed by atoms with Crippen molar-refractivity contribution in [2.45, 2.75) is 6.42 Å². The first-order chi connectivity index (χ1) is 13.6. The van der Waals surface area contributed by atoms with Crippen molar-refractivity contribution >= 4 is 41.2 Å². The Bertz CT molecular complexity index is 904. The summed E-state index contributed by atoms with van der Waals surface area (Å²) < 4.78 is 0. The topological polar surface area (TPSA) is 61.7 Å². The lowest BCUT2D eigenvalue weighted by molar-refractivity contribution is -0.122. The Hall–Kier alpha value is -2.99. The molecule has 0 spiro atoms. The van der Waals surface area contributed by atoms with E-state index < -0.39 is 0 Å². The number of aliphatic imine (C=N–C) groups is 1. The van der Waals surface area contributed by atoms with Crippen LogP contribution in [0.15, 0.2) is 59.8 Å². The van der Waals surface area contributed by atoms with Gasteiger partial charge >= 0.3 is 0 Å². The quantitative estimate of drug-likeness (QED) is 0.532. The number of amides is 1. The van der Waals surface area contributed by atoms with Gasteiger partial charge in [0.25, 0.3) is 5.91 Å². The molecule has 2 aromatic rings. The van der Waals surface area contributed by atoms with Gasteiger partial charge in [-0.3, -0.25) is 9.69 Å². The molecule has 1 aliphatic rings. The summed E-state index contributed by atoms with van der Waals surface area (Å²) in [5, 5.41) is 0. The number of halogens is 1. The van der Waals surface area contributed by atoms with Crippen LogP contribution in [-0.2, 0) is 4.79 Å². The molecule has 1 aliphatic heterocycles. The fraction of sp³-hybridized carbons (Fsp3) is 0.238. The van der Waals surface area contributed by atoms with Gasteiger partial charge in [0.15, 0.2) is 0 Å². The van der Waals surface area contributed by atoms with Crippen molar-refractivity contribution in [3.8, 4) is 0 Å². The molecule has 144 valence electrons. The van der Waals surface area contributed by atoms with E-state index in [1.807, 2.05) is 55.4 Å². The van der Waals surface area contributed by atoms with Crippen LogP contribution in [0.25, 0.3) is 12.2 Å². The zero-order chi connectivity index (χ0) is 19.9. The summed E-state index contributed by atoms with van der Waals surface area (Å²) in [6.45, 7) is 0.522. The molecule has 3 rings (SSSR count). The molecular weight excluding hydrogens is 374 g/mol. The number of alkyl halides is 1. The van der Waals surface area contributed by atoms with Gasteiger partial charge in [-0.1, -0.05) is 12.1 Å². The average molecular weight is 396 g/mol. The Kier molecular flexibility index (Phi) is 6.55. The molecule has 0 saturated heterocycles. The third kappa shape index (κ3) is 4.84. The summed E-state index contributed by atoms with van der Waals surface area (Å²) in [5.74, 6) is 0.958. The molecule has 7 heteroatoms. The minimum atomic E-state index is -0.120. The Morgan fingerprint density at radius 1 is 1.07 bits per heavy atom. The predicted molar refractivity (Wildman–Crippen MR) is 114 cm³/mol. The molecule has 1 aromatic carbocycles. The highest BCUT2D eigenvalue weighted by Crippen LogP contribution is 2.21. The fourth-order valence-electron chi connectivity index (χ4n) is 2.72. The molecule has 28 heavy (non-hydrogen) atoms. The third-order valence-electron chi connectivity index (χ3n) is 4.21. The molecule has 0 unspecified atom stereocenters. The summed E-state index contributed by atoms with van der Waals surface area (Å²) in [6, 6.07) is 7.97. The van der Waals surface area contributed by atoms with Gasteiger partial charge in [-0.15, -0.1) is 11.6 Å². The van der Waals surface area contributed by atoms with Gasteiger partial charge in [-0.2, -0.15) is 0 Å². The highest BCUT2D eigenvalue weighted by atomic mass is 35.5. The van der Waals surface area contributed by atoms with Crippen LogP contribution in [0.1, 0.15) is 17.5 Å². The summed E-state index contributed by atoms with van der Waals surface area (Å²) >= 11 is 5.82. The first-order valence-electron chi connectivity index (χ1n) is 8.97. The smallest absolute Gasteiger partial charge is 0.278 e. The lowest BCUT2D eigenvalue weighted by Crippen LogP contribution is -2.32. The normalized spacial score (nSPS) is 15.5. The van der Waals surface area contributed by atoms with Crippen LogP contribution >= 0.6 is 11.6 Å². The second kappa shape index (κ2) is 9.28. The number of aromatic nitrogens is 2. The molecule has 0 radical (unpaired) electrons. The van der Waals surface area contributed by atoms with Crippen LogP contribution in [0, 0.1) is 0 Å². The Labute approximate surface area is 169 Å². The van der Waals surface area contributed by atoms with E-state index in [9.17, 15) is 4.79 Å². The van der Waals surface area contributed by atoms with Crippen molar-refractivity contribution in [1.82, 2.24) is 14.9 Å². The highest BCUT2D eigenvalue weighted by molar-refractivity contribution is 6.19. The number of hydrogen-bond donors (Lipinski definition) is 0. The monoisotopic (exact) mass is 395 g/mol. The number of carbonyl (C=O) groups excluding carboxylic acids is 1. The maximum Gasteiger partial charge on any atom is 0.278 e. The minimum absolute atomic E-state index is 0.120. The lowest BCUT2D eigenvalue weighted by atomic mass is 10.1. The van der Waals surface area contributed by atoms with Gasteiger partial charge in [0.1, 0.15) is 17.9 Å². The van der Waals surface area contributed by atoms with Gasteiger partial charge < -0.3 is 4.90 Å². The summed E-state index contributed by atoms with van der Waals surface area (Å²) in [6.07, 6.45) is 11.0. The van der Waals surface area contributed by atoms with Crippen molar-refractivity contribution in [2.24, 2.45) is 4.99 Å². The van der Waals surface area contributed by atoms with Crippen molar-refractivity contribution in [3.05, 3.63) is 65.9 Å². The number of hydrogen-bond acceptors (Lipinski definition) is 5. The molecule has 2 heterocycles.